The third-order valence-corrected chi connectivity index (χ3v) is 6.88. The molecule has 2 N–H and O–H groups in total. The van der Waals surface area contributed by atoms with Gasteiger partial charge in [-0.2, -0.15) is 4.98 Å². The van der Waals surface area contributed by atoms with E-state index in [4.69, 9.17) is 15.0 Å². The second-order valence-corrected chi connectivity index (χ2v) is 8.67. The van der Waals surface area contributed by atoms with Crippen molar-refractivity contribution in [1.82, 2.24) is 14.7 Å². The SMILES string of the molecule is COc1c(Cc2ccccc2C)c(N)c(=O)n2c1SC[C@H]2c1noc(-c2ccccc2)n1. The molecule has 32 heavy (non-hydrogen) atoms. The Labute approximate surface area is 189 Å². The fourth-order valence-corrected chi connectivity index (χ4v) is 5.31. The molecule has 1 atom stereocenters. The molecule has 1 aliphatic heterocycles. The number of methoxy groups -OCH3 is 1. The van der Waals surface area contributed by atoms with E-state index in [1.54, 1.807) is 11.7 Å². The molecule has 0 fully saturated rings. The monoisotopic (exact) mass is 446 g/mol. The third-order valence-electron chi connectivity index (χ3n) is 5.74. The minimum atomic E-state index is -0.382. The molecule has 0 unspecified atom stereocenters. The zero-order valence-electron chi connectivity index (χ0n) is 17.7. The summed E-state index contributed by atoms with van der Waals surface area (Å²) in [5, 5.41) is 4.90. The average Bonchev–Trinajstić information content (AvgIpc) is 3.47. The molecule has 5 rings (SSSR count). The summed E-state index contributed by atoms with van der Waals surface area (Å²) in [6.07, 6.45) is 0.524. The molecule has 0 amide bonds. The minimum Gasteiger partial charge on any atom is -0.494 e. The second-order valence-electron chi connectivity index (χ2n) is 7.66. The molecular weight excluding hydrogens is 424 g/mol. The molecule has 162 valence electrons. The Balaban J connectivity index is 1.57. The Morgan fingerprint density at radius 2 is 1.94 bits per heavy atom. The van der Waals surface area contributed by atoms with Crippen LogP contribution in [-0.4, -0.2) is 27.6 Å². The first kappa shape index (κ1) is 20.4. The number of ether oxygens (including phenoxy) is 1. The lowest BCUT2D eigenvalue weighted by atomic mass is 9.99. The molecule has 7 nitrogen and oxygen atoms in total. The highest BCUT2D eigenvalue weighted by atomic mass is 32.2. The Bertz CT molecular complexity index is 1350. The number of aromatic nitrogens is 3. The summed E-state index contributed by atoms with van der Waals surface area (Å²) in [4.78, 5) is 17.9. The highest BCUT2D eigenvalue weighted by molar-refractivity contribution is 7.99. The molecule has 0 aliphatic carbocycles. The fourth-order valence-electron chi connectivity index (χ4n) is 4.01. The average molecular weight is 447 g/mol. The van der Waals surface area contributed by atoms with Crippen LogP contribution in [0.15, 0.2) is 68.9 Å². The quantitative estimate of drug-likeness (QED) is 0.493. The Morgan fingerprint density at radius 1 is 1.19 bits per heavy atom. The highest BCUT2D eigenvalue weighted by Crippen LogP contribution is 2.44. The van der Waals surface area contributed by atoms with E-state index in [0.717, 1.165) is 21.7 Å². The third kappa shape index (κ3) is 3.36. The van der Waals surface area contributed by atoms with Gasteiger partial charge in [-0.25, -0.2) is 0 Å². The van der Waals surface area contributed by atoms with Crippen molar-refractivity contribution in [3.05, 3.63) is 87.5 Å². The Morgan fingerprint density at radius 3 is 2.69 bits per heavy atom. The molecule has 0 saturated carbocycles. The van der Waals surface area contributed by atoms with E-state index in [-0.39, 0.29) is 17.3 Å². The summed E-state index contributed by atoms with van der Waals surface area (Å²) >= 11 is 1.54. The number of anilines is 1. The maximum absolute atomic E-state index is 13.4. The number of pyridine rings is 1. The van der Waals surface area contributed by atoms with Gasteiger partial charge in [-0.1, -0.05) is 47.6 Å². The number of nitrogens with two attached hydrogens (primary N) is 1. The summed E-state index contributed by atoms with van der Waals surface area (Å²) in [6, 6.07) is 17.2. The van der Waals surface area contributed by atoms with Gasteiger partial charge in [0.2, 0.25) is 0 Å². The van der Waals surface area contributed by atoms with E-state index in [2.05, 4.69) is 10.1 Å². The lowest BCUT2D eigenvalue weighted by molar-refractivity contribution is 0.380. The van der Waals surface area contributed by atoms with Crippen molar-refractivity contribution in [3.8, 4) is 17.2 Å². The number of nitrogens with zero attached hydrogens (tertiary/aromatic N) is 3. The number of thioether (sulfide) groups is 1. The van der Waals surface area contributed by atoms with Crippen molar-refractivity contribution in [2.24, 2.45) is 0 Å². The van der Waals surface area contributed by atoms with E-state index < -0.39 is 0 Å². The van der Waals surface area contributed by atoms with Crippen LogP contribution in [0.25, 0.3) is 11.5 Å². The van der Waals surface area contributed by atoms with Crippen molar-refractivity contribution >= 4 is 17.4 Å². The first-order chi connectivity index (χ1) is 15.6. The predicted molar refractivity (Wildman–Crippen MR) is 124 cm³/mol. The molecule has 0 spiro atoms. The van der Waals surface area contributed by atoms with Crippen LogP contribution in [0.4, 0.5) is 5.69 Å². The standard InChI is InChI=1S/C24H22N4O3S/c1-14-8-6-7-11-16(14)12-17-19(25)23(29)28-18(13-32-24(28)20(17)30-2)21-26-22(31-27-21)15-9-4-3-5-10-15/h3-11,18H,12-13,25H2,1-2H3/t18-/m0/s1. The van der Waals surface area contributed by atoms with E-state index in [0.29, 0.717) is 35.2 Å². The van der Waals surface area contributed by atoms with Gasteiger partial charge in [-0.3, -0.25) is 9.36 Å². The first-order valence-electron chi connectivity index (χ1n) is 10.3. The van der Waals surface area contributed by atoms with Gasteiger partial charge in [0, 0.05) is 23.3 Å². The van der Waals surface area contributed by atoms with Crippen molar-refractivity contribution in [1.29, 1.82) is 0 Å². The smallest absolute Gasteiger partial charge is 0.275 e. The van der Waals surface area contributed by atoms with Crippen LogP contribution in [0, 0.1) is 6.92 Å². The number of hydrogen-bond donors (Lipinski definition) is 1. The molecule has 4 aromatic rings. The normalized spacial score (nSPS) is 15.0. The van der Waals surface area contributed by atoms with Crippen molar-refractivity contribution in [2.75, 3.05) is 18.6 Å². The lowest BCUT2D eigenvalue weighted by Crippen LogP contribution is -2.29. The number of nitrogen functional groups attached to an aromatic ring is 1. The van der Waals surface area contributed by atoms with E-state index in [1.165, 1.54) is 11.8 Å². The number of hydrogen-bond acceptors (Lipinski definition) is 7. The number of fused-ring (bicyclic) bond motifs is 1. The maximum Gasteiger partial charge on any atom is 0.275 e. The van der Waals surface area contributed by atoms with Gasteiger partial charge in [0.15, 0.2) is 11.6 Å². The van der Waals surface area contributed by atoms with Gasteiger partial charge < -0.3 is 15.0 Å². The van der Waals surface area contributed by atoms with Crippen LogP contribution < -0.4 is 16.0 Å². The zero-order chi connectivity index (χ0) is 22.2. The Hall–Kier alpha value is -3.52. The van der Waals surface area contributed by atoms with Crippen molar-refractivity contribution < 1.29 is 9.26 Å². The molecule has 0 bridgehead atoms. The molecule has 3 heterocycles. The Kier molecular flexibility index (Phi) is 5.22. The van der Waals surface area contributed by atoms with Gasteiger partial charge >= 0.3 is 0 Å². The summed E-state index contributed by atoms with van der Waals surface area (Å²) in [5.74, 6) is 2.09. The van der Waals surface area contributed by atoms with E-state index in [9.17, 15) is 4.79 Å². The molecule has 2 aromatic heterocycles. The topological polar surface area (TPSA) is 96.2 Å². The van der Waals surface area contributed by atoms with Crippen LogP contribution in [0.5, 0.6) is 5.75 Å². The van der Waals surface area contributed by atoms with Crippen molar-refractivity contribution in [3.63, 3.8) is 0 Å². The van der Waals surface area contributed by atoms with Crippen LogP contribution >= 0.6 is 11.8 Å². The van der Waals surface area contributed by atoms with Gasteiger partial charge in [-0.15, -0.1) is 11.8 Å². The molecule has 2 aromatic carbocycles. The van der Waals surface area contributed by atoms with Crippen LogP contribution in [0.1, 0.15) is 28.6 Å². The minimum absolute atomic E-state index is 0.188. The lowest BCUT2D eigenvalue weighted by Gasteiger charge is -2.18. The first-order valence-corrected chi connectivity index (χ1v) is 11.2. The summed E-state index contributed by atoms with van der Waals surface area (Å²) in [6.45, 7) is 2.05. The van der Waals surface area contributed by atoms with Crippen LogP contribution in [0.2, 0.25) is 0 Å². The van der Waals surface area contributed by atoms with Crippen molar-refractivity contribution in [2.45, 2.75) is 24.4 Å². The summed E-state index contributed by atoms with van der Waals surface area (Å²) < 4.78 is 12.9. The molecule has 0 saturated heterocycles. The fraction of sp³-hybridized carbons (Fsp3) is 0.208. The second kappa shape index (κ2) is 8.20. The number of aryl methyl sites for hydroxylation is 1. The largest absolute Gasteiger partial charge is 0.494 e. The number of rotatable bonds is 5. The number of benzene rings is 2. The highest BCUT2D eigenvalue weighted by Gasteiger charge is 2.35. The molecule has 1 aliphatic rings. The van der Waals surface area contributed by atoms with Gasteiger partial charge in [0.1, 0.15) is 16.8 Å². The van der Waals surface area contributed by atoms with Gasteiger partial charge in [-0.05, 0) is 30.2 Å². The van der Waals surface area contributed by atoms with E-state index in [1.807, 2.05) is 61.5 Å². The molecular formula is C24H22N4O3S. The predicted octanol–water partition coefficient (Wildman–Crippen LogP) is 4.08. The molecule has 8 heteroatoms. The summed E-state index contributed by atoms with van der Waals surface area (Å²) in [5.41, 5.74) is 10.1. The van der Waals surface area contributed by atoms with E-state index >= 15 is 0 Å². The van der Waals surface area contributed by atoms with Crippen LogP contribution in [-0.2, 0) is 6.42 Å². The zero-order valence-corrected chi connectivity index (χ0v) is 18.6. The van der Waals surface area contributed by atoms with Gasteiger partial charge in [0.05, 0.1) is 7.11 Å². The maximum atomic E-state index is 13.4. The molecule has 0 radical (unpaired) electrons. The van der Waals surface area contributed by atoms with Crippen LogP contribution in [0.3, 0.4) is 0 Å². The van der Waals surface area contributed by atoms with Gasteiger partial charge in [0.25, 0.3) is 11.4 Å². The summed E-state index contributed by atoms with van der Waals surface area (Å²) in [7, 11) is 1.61.